The number of amides is 1. The Morgan fingerprint density at radius 1 is 1.23 bits per heavy atom. The van der Waals surface area contributed by atoms with Gasteiger partial charge in [0.05, 0.1) is 30.2 Å². The van der Waals surface area contributed by atoms with Crippen LogP contribution in [-0.4, -0.2) is 86.7 Å². The van der Waals surface area contributed by atoms with Crippen molar-refractivity contribution in [2.75, 3.05) is 6.61 Å². The van der Waals surface area contributed by atoms with E-state index in [0.717, 1.165) is 11.3 Å². The van der Waals surface area contributed by atoms with Crippen LogP contribution in [0.25, 0.3) is 11.4 Å². The number of nitrogens with one attached hydrogen (secondary N) is 1. The highest BCUT2D eigenvalue weighted by Crippen LogP contribution is 2.34. The van der Waals surface area contributed by atoms with Gasteiger partial charge in [-0.15, -0.1) is 10.2 Å². The number of aliphatic hydroxyl groups is 2. The first-order valence-electron chi connectivity index (χ1n) is 13.2. The van der Waals surface area contributed by atoms with Gasteiger partial charge in [-0.25, -0.2) is 4.72 Å². The molecular formula is C24H31N7O10S2. The van der Waals surface area contributed by atoms with Gasteiger partial charge >= 0.3 is 15.3 Å². The SMILES string of the molecule is CC[C@H](C)[C@H](N)C(=O)NS(=O)(=O)OC[C@H]1O[C@@H](CCn2nnc(-c3ccc(Oc4ccc([N+](=O)[O-])s4)cc3)n2)[C@H](O)[C@@H]1O. The average Bonchev–Trinajstić information content (AvgIpc) is 3.71. The standard InChI is InChI=1S/C24H31N7O10S2/c1-3-13(2)20(25)24(34)28-43(37,38)39-12-17-22(33)21(32)16(41-17)10-11-30-27-23(26-29-30)14-4-6-15(7-5-14)40-19-9-8-18(42-19)31(35)36/h4-9,13,16-17,20-22,32-33H,3,10-12,25H2,1-2H3,(H,28,34)/t13-,16-,17+,20-,21-,22+/m0/s1. The second kappa shape index (κ2) is 13.8. The molecule has 3 heterocycles. The topological polar surface area (TPSA) is 244 Å². The summed E-state index contributed by atoms with van der Waals surface area (Å²) in [5, 5.41) is 44.2. The van der Waals surface area contributed by atoms with Crippen LogP contribution in [0, 0.1) is 16.0 Å². The van der Waals surface area contributed by atoms with Crippen LogP contribution >= 0.6 is 11.3 Å². The fourth-order valence-electron chi connectivity index (χ4n) is 4.04. The molecule has 0 saturated carbocycles. The Morgan fingerprint density at radius 2 is 1.93 bits per heavy atom. The Balaban J connectivity index is 1.26. The molecule has 0 radical (unpaired) electrons. The third-order valence-electron chi connectivity index (χ3n) is 6.78. The number of hydrogen-bond acceptors (Lipinski definition) is 15. The average molecular weight is 642 g/mol. The number of aliphatic hydroxyl groups excluding tert-OH is 2. The molecule has 1 saturated heterocycles. The number of aromatic nitrogens is 4. The van der Waals surface area contributed by atoms with E-state index in [1.807, 2.05) is 6.92 Å². The van der Waals surface area contributed by atoms with Crippen molar-refractivity contribution >= 4 is 32.5 Å². The minimum atomic E-state index is -4.53. The summed E-state index contributed by atoms with van der Waals surface area (Å²) in [4.78, 5) is 23.7. The number of carbonyl (C=O) groups excluding carboxylic acids is 1. The van der Waals surface area contributed by atoms with Crippen molar-refractivity contribution in [3.05, 3.63) is 46.5 Å². The lowest BCUT2D eigenvalue weighted by molar-refractivity contribution is -0.380. The van der Waals surface area contributed by atoms with Crippen LogP contribution in [0.1, 0.15) is 26.7 Å². The fraction of sp³-hybridized carbons (Fsp3) is 0.500. The van der Waals surface area contributed by atoms with Crippen LogP contribution in [-0.2, 0) is 30.6 Å². The minimum Gasteiger partial charge on any atom is -0.446 e. The summed E-state index contributed by atoms with van der Waals surface area (Å²) in [5.74, 6) is -0.413. The lowest BCUT2D eigenvalue weighted by Crippen LogP contribution is -2.47. The van der Waals surface area contributed by atoms with Gasteiger partial charge in [0, 0.05) is 11.6 Å². The quantitative estimate of drug-likeness (QED) is 0.140. The van der Waals surface area contributed by atoms with E-state index in [0.29, 0.717) is 28.6 Å². The molecule has 234 valence electrons. The number of nitrogens with zero attached hydrogens (tertiary/aromatic N) is 5. The van der Waals surface area contributed by atoms with Gasteiger partial charge in [-0.2, -0.15) is 13.2 Å². The number of hydrogen-bond donors (Lipinski definition) is 4. The molecule has 3 aromatic rings. The molecule has 19 heteroatoms. The maximum atomic E-state index is 12.2. The third-order valence-corrected chi connectivity index (χ3v) is 8.59. The number of rotatable bonds is 14. The first-order valence-corrected chi connectivity index (χ1v) is 15.4. The third kappa shape index (κ3) is 8.28. The van der Waals surface area contributed by atoms with Gasteiger partial charge in [-0.05, 0) is 59.2 Å². The molecule has 0 aliphatic carbocycles. The molecule has 0 bridgehead atoms. The van der Waals surface area contributed by atoms with Gasteiger partial charge in [-0.3, -0.25) is 19.1 Å². The van der Waals surface area contributed by atoms with E-state index >= 15 is 0 Å². The first-order chi connectivity index (χ1) is 20.4. The summed E-state index contributed by atoms with van der Waals surface area (Å²) in [6.07, 6.45) is -4.15. The number of thiophene rings is 1. The summed E-state index contributed by atoms with van der Waals surface area (Å²) >= 11 is 0.908. The molecule has 1 aliphatic heterocycles. The van der Waals surface area contributed by atoms with Crippen molar-refractivity contribution in [3.8, 4) is 22.2 Å². The van der Waals surface area contributed by atoms with Crippen LogP contribution in [0.2, 0.25) is 0 Å². The van der Waals surface area contributed by atoms with E-state index in [4.69, 9.17) is 19.4 Å². The molecule has 1 fully saturated rings. The molecular weight excluding hydrogens is 610 g/mol. The van der Waals surface area contributed by atoms with Crippen LogP contribution in [0.4, 0.5) is 5.00 Å². The number of tetrazole rings is 1. The minimum absolute atomic E-state index is 0.0299. The molecule has 4 rings (SSSR count). The van der Waals surface area contributed by atoms with E-state index in [1.54, 1.807) is 35.9 Å². The monoisotopic (exact) mass is 641 g/mol. The smallest absolute Gasteiger partial charge is 0.362 e. The van der Waals surface area contributed by atoms with E-state index in [1.165, 1.54) is 16.9 Å². The number of carbonyl (C=O) groups is 1. The van der Waals surface area contributed by atoms with Gasteiger partial charge in [0.15, 0.2) is 5.06 Å². The summed E-state index contributed by atoms with van der Waals surface area (Å²) in [7, 11) is -4.53. The predicted molar refractivity (Wildman–Crippen MR) is 150 cm³/mol. The number of nitrogens with two attached hydrogens (primary N) is 1. The Kier molecular flexibility index (Phi) is 10.4. The second-order valence-electron chi connectivity index (χ2n) is 9.78. The first kappa shape index (κ1) is 32.3. The molecule has 1 aliphatic rings. The zero-order chi connectivity index (χ0) is 31.3. The molecule has 0 spiro atoms. The van der Waals surface area contributed by atoms with Crippen molar-refractivity contribution in [1.82, 2.24) is 24.9 Å². The molecule has 17 nitrogen and oxygen atoms in total. The van der Waals surface area contributed by atoms with Gasteiger partial charge in [0.25, 0.3) is 5.91 Å². The number of aryl methyl sites for hydroxylation is 1. The Labute approximate surface area is 250 Å². The highest BCUT2D eigenvalue weighted by Gasteiger charge is 2.43. The molecule has 1 amide bonds. The van der Waals surface area contributed by atoms with Gasteiger partial charge < -0.3 is 25.4 Å². The van der Waals surface area contributed by atoms with Gasteiger partial charge in [0.2, 0.25) is 5.82 Å². The fourth-order valence-corrected chi connectivity index (χ4v) is 5.48. The summed E-state index contributed by atoms with van der Waals surface area (Å²) in [6, 6.07) is 8.51. The van der Waals surface area contributed by atoms with Crippen molar-refractivity contribution in [3.63, 3.8) is 0 Å². The zero-order valence-electron chi connectivity index (χ0n) is 23.0. The second-order valence-corrected chi connectivity index (χ2v) is 12.2. The molecule has 2 aromatic heterocycles. The summed E-state index contributed by atoms with van der Waals surface area (Å²) < 4.78 is 42.1. The highest BCUT2D eigenvalue weighted by atomic mass is 32.2. The Bertz CT molecular complexity index is 1510. The number of nitro groups is 1. The van der Waals surface area contributed by atoms with Crippen molar-refractivity contribution < 1.29 is 42.0 Å². The summed E-state index contributed by atoms with van der Waals surface area (Å²) in [5.41, 5.74) is 6.37. The van der Waals surface area contributed by atoms with E-state index in [-0.39, 0.29) is 23.9 Å². The van der Waals surface area contributed by atoms with Crippen LogP contribution < -0.4 is 15.2 Å². The lowest BCUT2D eigenvalue weighted by atomic mass is 10.00. The van der Waals surface area contributed by atoms with E-state index in [9.17, 15) is 33.5 Å². The molecule has 43 heavy (non-hydrogen) atoms. The normalized spacial score (nSPS) is 21.8. The maximum absolute atomic E-state index is 12.2. The van der Waals surface area contributed by atoms with E-state index in [2.05, 4.69) is 15.4 Å². The molecule has 6 atom stereocenters. The number of ether oxygens (including phenoxy) is 2. The largest absolute Gasteiger partial charge is 0.446 e. The Hall–Kier alpha value is -3.59. The lowest BCUT2D eigenvalue weighted by Gasteiger charge is -2.18. The highest BCUT2D eigenvalue weighted by molar-refractivity contribution is 7.85. The molecule has 5 N–H and O–H groups in total. The van der Waals surface area contributed by atoms with Crippen molar-refractivity contribution in [1.29, 1.82) is 0 Å². The van der Waals surface area contributed by atoms with Gasteiger partial charge in [-0.1, -0.05) is 20.3 Å². The predicted octanol–water partition coefficient (Wildman–Crippen LogP) is 0.732. The van der Waals surface area contributed by atoms with E-state index < -0.39 is 58.2 Å². The van der Waals surface area contributed by atoms with Crippen LogP contribution in [0.15, 0.2) is 36.4 Å². The van der Waals surface area contributed by atoms with Gasteiger partial charge in [0.1, 0.15) is 24.1 Å². The summed E-state index contributed by atoms with van der Waals surface area (Å²) in [6.45, 7) is 3.01. The Morgan fingerprint density at radius 3 is 2.58 bits per heavy atom. The van der Waals surface area contributed by atoms with Crippen LogP contribution in [0.3, 0.4) is 0 Å². The van der Waals surface area contributed by atoms with Crippen molar-refractivity contribution in [2.45, 2.75) is 63.7 Å². The molecule has 0 unspecified atom stereocenters. The number of benzene rings is 1. The van der Waals surface area contributed by atoms with Crippen molar-refractivity contribution in [2.24, 2.45) is 11.7 Å². The molecule has 1 aromatic carbocycles. The zero-order valence-corrected chi connectivity index (χ0v) is 24.7. The van der Waals surface area contributed by atoms with Crippen LogP contribution in [0.5, 0.6) is 10.8 Å². The maximum Gasteiger partial charge on any atom is 0.362 e.